The van der Waals surface area contributed by atoms with Crippen LogP contribution in [0.2, 0.25) is 0 Å². The van der Waals surface area contributed by atoms with Gasteiger partial charge in [0, 0.05) is 5.08 Å². The van der Waals surface area contributed by atoms with Crippen LogP contribution < -0.4 is 16.4 Å². The quantitative estimate of drug-likeness (QED) is 0.140. The van der Waals surface area contributed by atoms with Gasteiger partial charge in [-0.15, -0.1) is 5.32 Å². The van der Waals surface area contributed by atoms with E-state index >= 15 is 0 Å². The molecular weight excluding hydrogens is 316 g/mol. The molecule has 0 aromatic heterocycles. The molecule has 0 spiro atoms. The molecule has 10 N–H and O–H groups in total. The van der Waals surface area contributed by atoms with Gasteiger partial charge in [-0.1, -0.05) is 5.01 Å². The number of nitrogens with two attached hydrogens (primary N) is 1. The van der Waals surface area contributed by atoms with Crippen molar-refractivity contribution >= 4 is 6.34 Å². The first-order valence-electron chi connectivity index (χ1n) is 5.22. The van der Waals surface area contributed by atoms with E-state index in [1.165, 1.54) is 5.32 Å². The molecule has 0 aromatic carbocycles. The summed E-state index contributed by atoms with van der Waals surface area (Å²) in [7, 11) is 0. The van der Waals surface area contributed by atoms with Gasteiger partial charge >= 0.3 is 11.7 Å². The topological polar surface area (TPSA) is 256 Å². The number of quaternary nitrogens is 3. The standard InChI is InChI=1S/C5H12N8O9/c6-5(12(17,18)19)9-4(11(14,15)16)3(7-2-8-4)1-10(5)13(20,21)22/h1-2,9,14-15,17-18,20-21H,6H2,(H,7,8). The first-order chi connectivity index (χ1) is 9.65. The third-order valence-electron chi connectivity index (χ3n) is 2.95. The normalized spacial score (nSPS) is 32.6. The number of hydroxylamine groups is 6. The zero-order chi connectivity index (χ0) is 17.2. The molecule has 2 heterocycles. The Morgan fingerprint density at radius 3 is 2.05 bits per heavy atom. The number of nitrogens with one attached hydrogen (secondary N) is 2. The van der Waals surface area contributed by atoms with Crippen LogP contribution in [0.15, 0.2) is 16.9 Å². The predicted octanol–water partition coefficient (Wildman–Crippen LogP) is -3.22. The van der Waals surface area contributed by atoms with Gasteiger partial charge in [0.2, 0.25) is 0 Å². The van der Waals surface area contributed by atoms with Crippen molar-refractivity contribution < 1.29 is 46.3 Å². The van der Waals surface area contributed by atoms with Gasteiger partial charge in [0.25, 0.3) is 0 Å². The fourth-order valence-corrected chi connectivity index (χ4v) is 1.91. The molecule has 2 atom stereocenters. The Bertz CT molecular complexity index is 532. The van der Waals surface area contributed by atoms with Gasteiger partial charge < -0.3 is 20.9 Å². The summed E-state index contributed by atoms with van der Waals surface area (Å²) < 4.78 is 0. The highest BCUT2D eigenvalue weighted by Crippen LogP contribution is 2.37. The summed E-state index contributed by atoms with van der Waals surface area (Å²) in [5.41, 5.74) is 4.53. The number of aliphatic imine (C=N–C) groups is 1. The number of hydrogen-bond acceptors (Lipinski definition) is 14. The largest absolute Gasteiger partial charge is 0.561 e. The van der Waals surface area contributed by atoms with Gasteiger partial charge in [-0.2, -0.15) is 36.2 Å². The molecule has 0 aliphatic carbocycles. The predicted molar refractivity (Wildman–Crippen MR) is 55.9 cm³/mol. The molecule has 2 rings (SSSR count). The molecule has 2 aliphatic heterocycles. The van der Waals surface area contributed by atoms with Crippen LogP contribution in [0.25, 0.3) is 0 Å². The van der Waals surface area contributed by atoms with Crippen molar-refractivity contribution in [2.45, 2.75) is 11.7 Å². The summed E-state index contributed by atoms with van der Waals surface area (Å²) in [6.45, 7) is 0. The Morgan fingerprint density at radius 2 is 1.64 bits per heavy atom. The SMILES string of the molecule is NC1([N+]([O-])(O)O)NC2([N+]([O-])(O)O)N=CNC2=CN1[N+]([O-])(O)O. The van der Waals surface area contributed by atoms with Crippen molar-refractivity contribution in [3.63, 3.8) is 0 Å². The van der Waals surface area contributed by atoms with E-state index in [9.17, 15) is 26.0 Å². The molecule has 17 heteroatoms. The Kier molecular flexibility index (Phi) is 3.25. The lowest BCUT2D eigenvalue weighted by atomic mass is 10.2. The van der Waals surface area contributed by atoms with E-state index in [-0.39, 0.29) is 6.20 Å². The van der Waals surface area contributed by atoms with E-state index in [0.29, 0.717) is 6.34 Å². The lowest BCUT2D eigenvalue weighted by Crippen LogP contribution is -2.89. The van der Waals surface area contributed by atoms with E-state index in [0.717, 1.165) is 0 Å². The average molecular weight is 328 g/mol. The van der Waals surface area contributed by atoms with Crippen LogP contribution in [0, 0.1) is 15.6 Å². The minimum Gasteiger partial charge on any atom is -0.561 e. The van der Waals surface area contributed by atoms with E-state index in [1.54, 1.807) is 0 Å². The van der Waals surface area contributed by atoms with Crippen LogP contribution in [0.4, 0.5) is 0 Å². The fourth-order valence-electron chi connectivity index (χ4n) is 1.91. The summed E-state index contributed by atoms with van der Waals surface area (Å²) in [4.78, 5) is -3.62. The maximum absolute atomic E-state index is 11.5. The van der Waals surface area contributed by atoms with Crippen molar-refractivity contribution in [1.82, 2.24) is 15.6 Å². The number of rotatable bonds is 3. The van der Waals surface area contributed by atoms with Gasteiger partial charge in [0.05, 0.1) is 6.34 Å². The number of nitrogens with zero attached hydrogens (tertiary/aromatic N) is 5. The van der Waals surface area contributed by atoms with Gasteiger partial charge in [-0.25, -0.2) is 5.73 Å². The smallest absolute Gasteiger partial charge is 0.408 e. The van der Waals surface area contributed by atoms with Crippen LogP contribution in [-0.4, -0.2) is 69.3 Å². The lowest BCUT2D eigenvalue weighted by Gasteiger charge is -2.53. The van der Waals surface area contributed by atoms with Gasteiger partial charge in [0.15, 0.2) is 0 Å². The summed E-state index contributed by atoms with van der Waals surface area (Å²) in [6.07, 6.45) is 0.938. The van der Waals surface area contributed by atoms with Crippen molar-refractivity contribution in [1.29, 1.82) is 0 Å². The Labute approximate surface area is 119 Å². The summed E-state index contributed by atoms with van der Waals surface area (Å²) in [6, 6.07) is 0. The highest BCUT2D eigenvalue weighted by Gasteiger charge is 2.70. The van der Waals surface area contributed by atoms with E-state index in [1.807, 2.05) is 0 Å². The fraction of sp³-hybridized carbons (Fsp3) is 0.400. The molecule has 0 saturated heterocycles. The first-order valence-corrected chi connectivity index (χ1v) is 5.22. The molecule has 0 fully saturated rings. The van der Waals surface area contributed by atoms with Crippen LogP contribution in [-0.2, 0) is 0 Å². The second-order valence-electron chi connectivity index (χ2n) is 4.41. The van der Waals surface area contributed by atoms with Gasteiger partial charge in [-0.3, -0.25) is 0 Å². The van der Waals surface area contributed by atoms with Crippen molar-refractivity contribution in [3.8, 4) is 0 Å². The molecule has 22 heavy (non-hydrogen) atoms. The van der Waals surface area contributed by atoms with Crippen molar-refractivity contribution in [2.24, 2.45) is 10.7 Å². The third kappa shape index (κ3) is 2.12. The lowest BCUT2D eigenvalue weighted by molar-refractivity contribution is -1.34. The van der Waals surface area contributed by atoms with Gasteiger partial charge in [-0.05, 0) is 9.95 Å². The summed E-state index contributed by atoms with van der Waals surface area (Å²) in [5.74, 6) is -6.54. The minimum absolute atomic E-state index is 0.241. The zero-order valence-electron chi connectivity index (χ0n) is 10.4. The number of fused-ring (bicyclic) bond motifs is 1. The molecule has 2 unspecified atom stereocenters. The second-order valence-corrected chi connectivity index (χ2v) is 4.41. The van der Waals surface area contributed by atoms with Crippen molar-refractivity contribution in [3.05, 3.63) is 27.5 Å². The molecule has 17 nitrogen and oxygen atoms in total. The molecule has 0 aromatic rings. The van der Waals surface area contributed by atoms with Crippen LogP contribution >= 0.6 is 0 Å². The highest BCUT2D eigenvalue weighted by atomic mass is 17.1. The highest BCUT2D eigenvalue weighted by molar-refractivity contribution is 5.63. The molecule has 0 bridgehead atoms. The minimum atomic E-state index is -3.61. The van der Waals surface area contributed by atoms with E-state index in [4.69, 9.17) is 26.6 Å². The molecule has 0 saturated carbocycles. The molecule has 0 amide bonds. The van der Waals surface area contributed by atoms with E-state index < -0.39 is 37.4 Å². The molecule has 0 radical (unpaired) electrons. The number of hydrogen-bond donors (Lipinski definition) is 9. The average Bonchev–Trinajstić information content (AvgIpc) is 2.67. The summed E-state index contributed by atoms with van der Waals surface area (Å²) >= 11 is 0. The van der Waals surface area contributed by atoms with Crippen LogP contribution in [0.3, 0.4) is 0 Å². The molecule has 2 aliphatic rings. The van der Waals surface area contributed by atoms with Crippen LogP contribution in [0.5, 0.6) is 0 Å². The molecule has 126 valence electrons. The maximum Gasteiger partial charge on any atom is 0.408 e. The first kappa shape index (κ1) is 16.8. The Morgan fingerprint density at radius 1 is 1.09 bits per heavy atom. The van der Waals surface area contributed by atoms with Crippen LogP contribution in [0.1, 0.15) is 0 Å². The zero-order valence-corrected chi connectivity index (χ0v) is 10.4. The maximum atomic E-state index is 11.5. The van der Waals surface area contributed by atoms with E-state index in [2.05, 4.69) is 10.3 Å². The Balaban J connectivity index is 2.69. The Hall–Kier alpha value is -1.55. The van der Waals surface area contributed by atoms with Crippen molar-refractivity contribution in [2.75, 3.05) is 0 Å². The summed E-state index contributed by atoms with van der Waals surface area (Å²) in [5, 5.41) is 88.4. The molecular formula is C5H12N8O9. The monoisotopic (exact) mass is 328 g/mol. The third-order valence-corrected chi connectivity index (χ3v) is 2.95. The van der Waals surface area contributed by atoms with Gasteiger partial charge in [0.1, 0.15) is 11.9 Å². The second kappa shape index (κ2) is 4.25.